The Morgan fingerprint density at radius 2 is 2.00 bits per heavy atom. The van der Waals surface area contributed by atoms with Crippen LogP contribution in [0, 0.1) is 6.92 Å². The number of nitrogens with zero attached hydrogens (tertiary/aromatic N) is 3. The number of fused-ring (bicyclic) bond motifs is 1. The maximum Gasteiger partial charge on any atom is 0.283 e. The zero-order valence-corrected chi connectivity index (χ0v) is 14.2. The van der Waals surface area contributed by atoms with E-state index in [0.29, 0.717) is 12.2 Å². The molecule has 0 unspecified atom stereocenters. The van der Waals surface area contributed by atoms with Gasteiger partial charge in [0.15, 0.2) is 5.69 Å². The molecular formula is C19H20N4O2. The second-order valence-corrected chi connectivity index (χ2v) is 5.75. The number of benzene rings is 2. The summed E-state index contributed by atoms with van der Waals surface area (Å²) >= 11 is 0. The van der Waals surface area contributed by atoms with E-state index in [1.165, 1.54) is 0 Å². The number of aromatic hydroxyl groups is 1. The van der Waals surface area contributed by atoms with Crippen LogP contribution < -0.4 is 5.32 Å². The molecule has 128 valence electrons. The van der Waals surface area contributed by atoms with E-state index in [1.54, 1.807) is 4.57 Å². The normalized spacial score (nSPS) is 11.3. The van der Waals surface area contributed by atoms with Crippen molar-refractivity contribution in [2.75, 3.05) is 11.9 Å². The molecule has 3 aromatic rings. The van der Waals surface area contributed by atoms with Gasteiger partial charge in [-0.05, 0) is 37.6 Å². The molecule has 0 bridgehead atoms. The molecule has 0 radical (unpaired) electrons. The average Bonchev–Trinajstić information content (AvgIpc) is 2.89. The van der Waals surface area contributed by atoms with Crippen LogP contribution in [0.2, 0.25) is 0 Å². The third-order valence-electron chi connectivity index (χ3n) is 3.96. The largest absolute Gasteiger partial charge is 0.493 e. The van der Waals surface area contributed by atoms with Gasteiger partial charge in [0, 0.05) is 17.6 Å². The lowest BCUT2D eigenvalue weighted by Crippen LogP contribution is -2.10. The van der Waals surface area contributed by atoms with Crippen molar-refractivity contribution < 1.29 is 9.90 Å². The first-order valence-electron chi connectivity index (χ1n) is 8.15. The molecule has 0 aliphatic rings. The van der Waals surface area contributed by atoms with Crippen LogP contribution in [-0.2, 0) is 11.3 Å². The summed E-state index contributed by atoms with van der Waals surface area (Å²) in [6.07, 6.45) is 0. The lowest BCUT2D eigenvalue weighted by Gasteiger charge is -2.03. The average molecular weight is 336 g/mol. The molecule has 25 heavy (non-hydrogen) atoms. The highest BCUT2D eigenvalue weighted by molar-refractivity contribution is 5.95. The Labute approximate surface area is 145 Å². The van der Waals surface area contributed by atoms with Crippen LogP contribution in [0.25, 0.3) is 10.9 Å². The molecule has 6 nitrogen and oxygen atoms in total. The predicted octanol–water partition coefficient (Wildman–Crippen LogP) is 4.40. The maximum absolute atomic E-state index is 12.0. The van der Waals surface area contributed by atoms with Gasteiger partial charge in [0.2, 0.25) is 5.88 Å². The van der Waals surface area contributed by atoms with Crippen LogP contribution in [0.4, 0.5) is 11.4 Å². The molecule has 1 aromatic heterocycles. The van der Waals surface area contributed by atoms with Crippen molar-refractivity contribution >= 4 is 28.2 Å². The summed E-state index contributed by atoms with van der Waals surface area (Å²) in [6, 6.07) is 15.3. The number of anilines is 1. The molecule has 0 fully saturated rings. The topological polar surface area (TPSA) is 79.0 Å². The summed E-state index contributed by atoms with van der Waals surface area (Å²) in [5.74, 6) is -0.388. The number of carbonyl (C=O) groups excluding carboxylic acids is 1. The minimum atomic E-state index is -0.408. The Morgan fingerprint density at radius 1 is 1.20 bits per heavy atom. The summed E-state index contributed by atoms with van der Waals surface area (Å²) in [6.45, 7) is 4.56. The molecule has 3 rings (SSSR count). The Morgan fingerprint density at radius 3 is 2.76 bits per heavy atom. The molecule has 2 aromatic carbocycles. The van der Waals surface area contributed by atoms with Gasteiger partial charge in [0.1, 0.15) is 0 Å². The van der Waals surface area contributed by atoms with E-state index in [2.05, 4.69) is 15.5 Å². The summed E-state index contributed by atoms with van der Waals surface area (Å²) in [4.78, 5) is 12.0. The molecule has 1 amide bonds. The highest BCUT2D eigenvalue weighted by Crippen LogP contribution is 2.38. The first-order chi connectivity index (χ1) is 12.1. The number of azo groups is 1. The monoisotopic (exact) mass is 336 g/mol. The van der Waals surface area contributed by atoms with Crippen molar-refractivity contribution in [1.29, 1.82) is 0 Å². The molecule has 2 N–H and O–H groups in total. The van der Waals surface area contributed by atoms with E-state index < -0.39 is 5.91 Å². The maximum atomic E-state index is 12.0. The Balaban J connectivity index is 1.76. The van der Waals surface area contributed by atoms with Gasteiger partial charge < -0.3 is 15.0 Å². The number of hydrogen-bond acceptors (Lipinski definition) is 4. The van der Waals surface area contributed by atoms with Gasteiger partial charge in [-0.15, -0.1) is 10.2 Å². The molecule has 0 spiro atoms. The fourth-order valence-electron chi connectivity index (χ4n) is 2.76. The van der Waals surface area contributed by atoms with Crippen molar-refractivity contribution in [2.24, 2.45) is 10.2 Å². The summed E-state index contributed by atoms with van der Waals surface area (Å²) in [5.41, 5.74) is 3.15. The number of nitrogens with one attached hydrogen (secondary N) is 1. The smallest absolute Gasteiger partial charge is 0.283 e. The highest BCUT2D eigenvalue weighted by Gasteiger charge is 2.15. The van der Waals surface area contributed by atoms with Crippen LogP contribution >= 0.6 is 0 Å². The second-order valence-electron chi connectivity index (χ2n) is 5.75. The molecule has 0 atom stereocenters. The van der Waals surface area contributed by atoms with E-state index >= 15 is 0 Å². The second kappa shape index (κ2) is 7.17. The van der Waals surface area contributed by atoms with Crippen LogP contribution in [0.1, 0.15) is 12.5 Å². The van der Waals surface area contributed by atoms with Crippen molar-refractivity contribution in [3.63, 3.8) is 0 Å². The zero-order chi connectivity index (χ0) is 17.8. The third kappa shape index (κ3) is 3.52. The van der Waals surface area contributed by atoms with E-state index in [4.69, 9.17) is 0 Å². The number of aromatic nitrogens is 1. The van der Waals surface area contributed by atoms with Crippen LogP contribution in [-0.4, -0.2) is 22.1 Å². The van der Waals surface area contributed by atoms with Crippen molar-refractivity contribution in [3.8, 4) is 5.88 Å². The van der Waals surface area contributed by atoms with Gasteiger partial charge in [0.25, 0.3) is 5.91 Å². The summed E-state index contributed by atoms with van der Waals surface area (Å²) in [7, 11) is 0. The van der Waals surface area contributed by atoms with Gasteiger partial charge in [-0.25, -0.2) is 0 Å². The third-order valence-corrected chi connectivity index (χ3v) is 3.96. The Bertz CT molecular complexity index is 944. The molecule has 6 heteroatoms. The van der Waals surface area contributed by atoms with Gasteiger partial charge in [-0.3, -0.25) is 4.79 Å². The number of carbonyl (C=O) groups is 1. The minimum Gasteiger partial charge on any atom is -0.493 e. The first-order valence-corrected chi connectivity index (χ1v) is 8.15. The molecule has 0 aliphatic heterocycles. The van der Waals surface area contributed by atoms with Gasteiger partial charge in [-0.2, -0.15) is 0 Å². The fraction of sp³-hybridized carbons (Fsp3) is 0.211. The van der Waals surface area contributed by atoms with Gasteiger partial charge >= 0.3 is 0 Å². The number of rotatable bonds is 5. The SMILES string of the molecule is CCn1c(O)c(N=NC(=O)CNc2cccc(C)c2)c2ccccc21. The first kappa shape index (κ1) is 16.7. The number of para-hydroxylation sites is 1. The predicted molar refractivity (Wildman–Crippen MR) is 98.5 cm³/mol. The van der Waals surface area contributed by atoms with Crippen LogP contribution in [0.3, 0.4) is 0 Å². The lowest BCUT2D eigenvalue weighted by atomic mass is 10.2. The minimum absolute atomic E-state index is 0.0203. The molecular weight excluding hydrogens is 316 g/mol. The number of aryl methyl sites for hydroxylation is 2. The van der Waals surface area contributed by atoms with Crippen molar-refractivity contribution in [2.45, 2.75) is 20.4 Å². The Hall–Kier alpha value is -3.15. The number of hydrogen-bond donors (Lipinski definition) is 2. The van der Waals surface area contributed by atoms with Crippen LogP contribution in [0.15, 0.2) is 58.8 Å². The van der Waals surface area contributed by atoms with Crippen molar-refractivity contribution in [1.82, 2.24) is 4.57 Å². The Kier molecular flexibility index (Phi) is 4.79. The summed E-state index contributed by atoms with van der Waals surface area (Å²) < 4.78 is 1.74. The zero-order valence-electron chi connectivity index (χ0n) is 14.2. The lowest BCUT2D eigenvalue weighted by molar-refractivity contribution is -0.116. The van der Waals surface area contributed by atoms with E-state index in [1.807, 2.05) is 62.4 Å². The standard InChI is InChI=1S/C19H20N4O2/c1-3-23-16-10-5-4-9-15(16)18(19(23)25)22-21-17(24)12-20-14-8-6-7-13(2)11-14/h4-11,20,25H,3,12H2,1-2H3. The van der Waals surface area contributed by atoms with Crippen LogP contribution in [0.5, 0.6) is 5.88 Å². The number of amides is 1. The van der Waals surface area contributed by atoms with Gasteiger partial charge in [-0.1, -0.05) is 30.3 Å². The summed E-state index contributed by atoms with van der Waals surface area (Å²) in [5, 5.41) is 21.9. The van der Waals surface area contributed by atoms with Crippen molar-refractivity contribution in [3.05, 3.63) is 54.1 Å². The van der Waals surface area contributed by atoms with Gasteiger partial charge in [0.05, 0.1) is 12.1 Å². The van der Waals surface area contributed by atoms with E-state index in [9.17, 15) is 9.90 Å². The molecule has 0 saturated heterocycles. The van der Waals surface area contributed by atoms with E-state index in [-0.39, 0.29) is 12.4 Å². The highest BCUT2D eigenvalue weighted by atomic mass is 16.3. The fourth-order valence-corrected chi connectivity index (χ4v) is 2.76. The van der Waals surface area contributed by atoms with E-state index in [0.717, 1.165) is 22.2 Å². The molecule has 0 saturated carbocycles. The molecule has 1 heterocycles. The quantitative estimate of drug-likeness (QED) is 0.678. The molecule has 0 aliphatic carbocycles.